The maximum absolute atomic E-state index is 10.1. The SMILES string of the molecule is OC1=C2CC=CC=C2Sc2ccccc21. The van der Waals surface area contributed by atoms with Crippen molar-refractivity contribution in [1.82, 2.24) is 0 Å². The lowest BCUT2D eigenvalue weighted by Crippen LogP contribution is -2.02. The second kappa shape index (κ2) is 3.31. The topological polar surface area (TPSA) is 20.2 Å². The lowest BCUT2D eigenvalue weighted by atomic mass is 10.0. The monoisotopic (exact) mass is 214 g/mol. The molecule has 1 aliphatic heterocycles. The van der Waals surface area contributed by atoms with Crippen LogP contribution in [0.4, 0.5) is 0 Å². The lowest BCUT2D eigenvalue weighted by molar-refractivity contribution is 0.504. The molecule has 3 rings (SSSR count). The van der Waals surface area contributed by atoms with Crippen molar-refractivity contribution < 1.29 is 5.11 Å². The molecule has 1 aromatic rings. The fourth-order valence-electron chi connectivity index (χ4n) is 1.88. The van der Waals surface area contributed by atoms with Gasteiger partial charge in [-0.2, -0.15) is 0 Å². The second-order valence-electron chi connectivity index (χ2n) is 3.59. The maximum Gasteiger partial charge on any atom is 0.128 e. The minimum Gasteiger partial charge on any atom is -0.507 e. The van der Waals surface area contributed by atoms with Crippen LogP contribution in [-0.2, 0) is 0 Å². The van der Waals surface area contributed by atoms with Gasteiger partial charge in [0.2, 0.25) is 0 Å². The van der Waals surface area contributed by atoms with Crippen molar-refractivity contribution in [3.05, 3.63) is 58.5 Å². The van der Waals surface area contributed by atoms with Gasteiger partial charge in [0.05, 0.1) is 0 Å². The van der Waals surface area contributed by atoms with Crippen LogP contribution in [0.2, 0.25) is 0 Å². The molecular formula is C13H10OS. The zero-order valence-electron chi connectivity index (χ0n) is 8.10. The van der Waals surface area contributed by atoms with Gasteiger partial charge in [0.15, 0.2) is 0 Å². The number of rotatable bonds is 0. The summed E-state index contributed by atoms with van der Waals surface area (Å²) in [7, 11) is 0. The molecule has 0 saturated heterocycles. The van der Waals surface area contributed by atoms with Gasteiger partial charge in [-0.1, -0.05) is 42.1 Å². The molecule has 0 atom stereocenters. The molecule has 74 valence electrons. The van der Waals surface area contributed by atoms with E-state index in [1.807, 2.05) is 30.3 Å². The number of hydrogen-bond acceptors (Lipinski definition) is 2. The molecular weight excluding hydrogens is 204 g/mol. The summed E-state index contributed by atoms with van der Waals surface area (Å²) in [5.41, 5.74) is 2.02. The number of allylic oxidation sites excluding steroid dienone is 4. The predicted octanol–water partition coefficient (Wildman–Crippen LogP) is 3.91. The zero-order chi connectivity index (χ0) is 10.3. The molecule has 1 heterocycles. The van der Waals surface area contributed by atoms with Crippen molar-refractivity contribution in [3.63, 3.8) is 0 Å². The highest BCUT2D eigenvalue weighted by Crippen LogP contribution is 2.45. The van der Waals surface area contributed by atoms with Crippen LogP contribution in [0, 0.1) is 0 Å². The van der Waals surface area contributed by atoms with Crippen LogP contribution in [0.3, 0.4) is 0 Å². The van der Waals surface area contributed by atoms with E-state index >= 15 is 0 Å². The Balaban J connectivity index is 2.23. The predicted molar refractivity (Wildman–Crippen MR) is 63.7 cm³/mol. The van der Waals surface area contributed by atoms with Gasteiger partial charge < -0.3 is 5.11 Å². The van der Waals surface area contributed by atoms with E-state index in [4.69, 9.17) is 0 Å². The number of fused-ring (bicyclic) bond motifs is 2. The standard InChI is InChI=1S/C13H10OS/c14-13-9-5-1-3-7-11(9)15-12-8-4-2-6-10(12)13/h1-5,7-8,14H,6H2. The van der Waals surface area contributed by atoms with Crippen LogP contribution in [0.25, 0.3) is 5.76 Å². The number of thioether (sulfide) groups is 1. The van der Waals surface area contributed by atoms with E-state index < -0.39 is 0 Å². The van der Waals surface area contributed by atoms with E-state index in [1.165, 1.54) is 4.91 Å². The Bertz CT molecular complexity index is 509. The number of aliphatic hydroxyl groups is 1. The minimum absolute atomic E-state index is 0.444. The number of aliphatic hydroxyl groups excluding tert-OH is 1. The van der Waals surface area contributed by atoms with Crippen LogP contribution >= 0.6 is 11.8 Å². The molecule has 0 saturated carbocycles. The molecule has 0 amide bonds. The molecule has 0 fully saturated rings. The fraction of sp³-hybridized carbons (Fsp3) is 0.0769. The second-order valence-corrected chi connectivity index (χ2v) is 4.67. The third-order valence-electron chi connectivity index (χ3n) is 2.65. The van der Waals surface area contributed by atoms with Crippen LogP contribution < -0.4 is 0 Å². The lowest BCUT2D eigenvalue weighted by Gasteiger charge is -2.22. The normalized spacial score (nSPS) is 18.3. The summed E-state index contributed by atoms with van der Waals surface area (Å²) in [6.45, 7) is 0. The van der Waals surface area contributed by atoms with E-state index in [1.54, 1.807) is 11.8 Å². The third-order valence-corrected chi connectivity index (χ3v) is 3.83. The Kier molecular flexibility index (Phi) is 1.96. The quantitative estimate of drug-likeness (QED) is 0.706. The summed E-state index contributed by atoms with van der Waals surface area (Å²) in [4.78, 5) is 2.31. The first-order valence-corrected chi connectivity index (χ1v) is 5.74. The van der Waals surface area contributed by atoms with Gasteiger partial charge in [0, 0.05) is 20.9 Å². The number of hydrogen-bond donors (Lipinski definition) is 1. The fourth-order valence-corrected chi connectivity index (χ4v) is 2.99. The molecule has 0 spiro atoms. The third kappa shape index (κ3) is 1.33. The summed E-state index contributed by atoms with van der Waals surface area (Å²) in [5, 5.41) is 10.1. The molecule has 0 radical (unpaired) electrons. The van der Waals surface area contributed by atoms with Gasteiger partial charge in [-0.05, 0) is 18.6 Å². The first kappa shape index (κ1) is 8.86. The molecule has 1 nitrogen and oxygen atoms in total. The first-order valence-electron chi connectivity index (χ1n) is 4.93. The van der Waals surface area contributed by atoms with E-state index in [2.05, 4.69) is 12.2 Å². The molecule has 0 aromatic heterocycles. The molecule has 0 bridgehead atoms. The largest absolute Gasteiger partial charge is 0.507 e. The molecule has 15 heavy (non-hydrogen) atoms. The van der Waals surface area contributed by atoms with Crippen molar-refractivity contribution in [2.24, 2.45) is 0 Å². The van der Waals surface area contributed by atoms with Gasteiger partial charge >= 0.3 is 0 Å². The van der Waals surface area contributed by atoms with Gasteiger partial charge in [0.1, 0.15) is 5.76 Å². The first-order chi connectivity index (χ1) is 7.36. The number of benzene rings is 1. The summed E-state index contributed by atoms with van der Waals surface area (Å²) in [6, 6.07) is 7.98. The maximum atomic E-state index is 10.1. The Hall–Kier alpha value is -1.41. The van der Waals surface area contributed by atoms with Crippen molar-refractivity contribution >= 4 is 17.5 Å². The van der Waals surface area contributed by atoms with Crippen molar-refractivity contribution in [3.8, 4) is 0 Å². The summed E-state index contributed by atoms with van der Waals surface area (Å²) in [6.07, 6.45) is 7.02. The van der Waals surface area contributed by atoms with Gasteiger partial charge in [-0.15, -0.1) is 0 Å². The minimum atomic E-state index is 0.444. The van der Waals surface area contributed by atoms with E-state index in [0.29, 0.717) is 5.76 Å². The Morgan fingerprint density at radius 3 is 3.00 bits per heavy atom. The van der Waals surface area contributed by atoms with Crippen LogP contribution in [0.5, 0.6) is 0 Å². The highest BCUT2D eigenvalue weighted by atomic mass is 32.2. The summed E-state index contributed by atoms with van der Waals surface area (Å²) < 4.78 is 0. The molecule has 1 N–H and O–H groups in total. The molecule has 0 unspecified atom stereocenters. The molecule has 1 aromatic carbocycles. The Morgan fingerprint density at radius 1 is 1.20 bits per heavy atom. The van der Waals surface area contributed by atoms with Crippen molar-refractivity contribution in [1.29, 1.82) is 0 Å². The van der Waals surface area contributed by atoms with Crippen LogP contribution in [0.1, 0.15) is 12.0 Å². The van der Waals surface area contributed by atoms with Crippen LogP contribution in [-0.4, -0.2) is 5.11 Å². The average Bonchev–Trinajstić information content (AvgIpc) is 2.30. The van der Waals surface area contributed by atoms with Gasteiger partial charge in [-0.25, -0.2) is 0 Å². The van der Waals surface area contributed by atoms with E-state index in [-0.39, 0.29) is 0 Å². The average molecular weight is 214 g/mol. The molecule has 2 aliphatic rings. The highest BCUT2D eigenvalue weighted by molar-refractivity contribution is 8.03. The van der Waals surface area contributed by atoms with Crippen molar-refractivity contribution in [2.45, 2.75) is 11.3 Å². The van der Waals surface area contributed by atoms with E-state index in [0.717, 1.165) is 22.5 Å². The highest BCUT2D eigenvalue weighted by Gasteiger charge is 2.22. The van der Waals surface area contributed by atoms with Crippen LogP contribution in [0.15, 0.2) is 57.9 Å². The van der Waals surface area contributed by atoms with Gasteiger partial charge in [-0.3, -0.25) is 0 Å². The Morgan fingerprint density at radius 2 is 2.07 bits per heavy atom. The molecule has 2 heteroatoms. The molecule has 1 aliphatic carbocycles. The van der Waals surface area contributed by atoms with Gasteiger partial charge in [0.25, 0.3) is 0 Å². The van der Waals surface area contributed by atoms with Crippen molar-refractivity contribution in [2.75, 3.05) is 0 Å². The summed E-state index contributed by atoms with van der Waals surface area (Å²) >= 11 is 1.74. The smallest absolute Gasteiger partial charge is 0.128 e. The van der Waals surface area contributed by atoms with E-state index in [9.17, 15) is 5.11 Å². The summed E-state index contributed by atoms with van der Waals surface area (Å²) in [5.74, 6) is 0.444. The Labute approximate surface area is 92.8 Å². The zero-order valence-corrected chi connectivity index (χ0v) is 8.92.